The molecule has 0 radical (unpaired) electrons. The SMILES string of the molecule is CCCn1c(SCC(=O)Nc2sc3c(c2C(=O)OCC)CCCCC3)nnc1-c1csc(CC)c1. The first-order valence-electron chi connectivity index (χ1n) is 12.3. The van der Waals surface area contributed by atoms with Gasteiger partial charge in [0, 0.05) is 27.2 Å². The number of amides is 1. The average molecular weight is 533 g/mol. The van der Waals surface area contributed by atoms with Crippen LogP contribution in [0.25, 0.3) is 11.4 Å². The summed E-state index contributed by atoms with van der Waals surface area (Å²) >= 11 is 4.63. The van der Waals surface area contributed by atoms with Gasteiger partial charge in [-0.05, 0) is 57.1 Å². The summed E-state index contributed by atoms with van der Waals surface area (Å²) in [7, 11) is 0. The van der Waals surface area contributed by atoms with Crippen LogP contribution in [0.2, 0.25) is 0 Å². The number of aromatic nitrogens is 3. The van der Waals surface area contributed by atoms with Crippen LogP contribution >= 0.6 is 34.4 Å². The summed E-state index contributed by atoms with van der Waals surface area (Å²) in [5, 5.41) is 15.3. The second kappa shape index (κ2) is 12.2. The Balaban J connectivity index is 1.49. The van der Waals surface area contributed by atoms with Gasteiger partial charge in [0.15, 0.2) is 11.0 Å². The molecule has 3 aromatic rings. The van der Waals surface area contributed by atoms with Crippen LogP contribution < -0.4 is 5.32 Å². The fourth-order valence-corrected chi connectivity index (χ4v) is 7.13. The number of aryl methyl sites for hydroxylation is 2. The van der Waals surface area contributed by atoms with E-state index in [1.165, 1.54) is 32.9 Å². The average Bonchev–Trinajstić information content (AvgIpc) is 3.51. The molecule has 35 heavy (non-hydrogen) atoms. The fraction of sp³-hybridized carbons (Fsp3) is 0.520. The quantitative estimate of drug-likeness (QED) is 0.190. The van der Waals surface area contributed by atoms with Gasteiger partial charge >= 0.3 is 5.97 Å². The molecule has 1 aliphatic rings. The first-order chi connectivity index (χ1) is 17.0. The number of hydrogen-bond donors (Lipinski definition) is 1. The minimum atomic E-state index is -0.343. The van der Waals surface area contributed by atoms with Crippen LogP contribution in [0.5, 0.6) is 0 Å². The molecule has 10 heteroatoms. The van der Waals surface area contributed by atoms with Crippen molar-refractivity contribution in [2.75, 3.05) is 17.7 Å². The summed E-state index contributed by atoms with van der Waals surface area (Å²) in [5.74, 6) is 0.534. The molecule has 188 valence electrons. The third-order valence-electron chi connectivity index (χ3n) is 5.91. The van der Waals surface area contributed by atoms with Gasteiger partial charge in [-0.15, -0.1) is 32.9 Å². The number of carbonyl (C=O) groups is 2. The first kappa shape index (κ1) is 25.9. The van der Waals surface area contributed by atoms with Crippen LogP contribution in [0.3, 0.4) is 0 Å². The molecular weight excluding hydrogens is 501 g/mol. The Hall–Kier alpha value is -2.17. The van der Waals surface area contributed by atoms with Gasteiger partial charge < -0.3 is 14.6 Å². The van der Waals surface area contributed by atoms with Crippen molar-refractivity contribution in [2.45, 2.75) is 77.4 Å². The second-order valence-electron chi connectivity index (χ2n) is 8.44. The molecule has 1 aliphatic carbocycles. The number of hydrogen-bond acceptors (Lipinski definition) is 8. The van der Waals surface area contributed by atoms with Crippen molar-refractivity contribution < 1.29 is 14.3 Å². The highest BCUT2D eigenvalue weighted by Gasteiger charge is 2.27. The topological polar surface area (TPSA) is 86.1 Å². The number of carbonyl (C=O) groups excluding carboxylic acids is 2. The molecule has 3 aromatic heterocycles. The molecule has 0 atom stereocenters. The lowest BCUT2D eigenvalue weighted by atomic mass is 10.1. The number of ether oxygens (including phenoxy) is 1. The van der Waals surface area contributed by atoms with Gasteiger partial charge in [-0.2, -0.15) is 0 Å². The van der Waals surface area contributed by atoms with Gasteiger partial charge in [-0.1, -0.05) is 32.0 Å². The zero-order valence-corrected chi connectivity index (χ0v) is 23.0. The number of nitrogens with one attached hydrogen (secondary N) is 1. The summed E-state index contributed by atoms with van der Waals surface area (Å²) in [5.41, 5.74) is 2.68. The van der Waals surface area contributed by atoms with E-state index in [1.807, 2.05) is 0 Å². The molecule has 0 spiro atoms. The van der Waals surface area contributed by atoms with Crippen molar-refractivity contribution in [2.24, 2.45) is 0 Å². The van der Waals surface area contributed by atoms with Crippen molar-refractivity contribution in [1.82, 2.24) is 14.8 Å². The van der Waals surface area contributed by atoms with Gasteiger partial charge in [0.1, 0.15) is 5.00 Å². The number of thiophene rings is 2. The lowest BCUT2D eigenvalue weighted by Gasteiger charge is -2.09. The van der Waals surface area contributed by atoms with Crippen molar-refractivity contribution in [3.05, 3.63) is 32.3 Å². The van der Waals surface area contributed by atoms with Crippen molar-refractivity contribution in [3.8, 4) is 11.4 Å². The maximum absolute atomic E-state index is 13.0. The lowest BCUT2D eigenvalue weighted by Crippen LogP contribution is -2.17. The van der Waals surface area contributed by atoms with Gasteiger partial charge in [-0.3, -0.25) is 4.79 Å². The number of nitrogens with zero attached hydrogens (tertiary/aromatic N) is 3. The van der Waals surface area contributed by atoms with E-state index in [4.69, 9.17) is 4.74 Å². The summed E-state index contributed by atoms with van der Waals surface area (Å²) in [4.78, 5) is 28.2. The minimum Gasteiger partial charge on any atom is -0.462 e. The van der Waals surface area contributed by atoms with Crippen LogP contribution in [-0.4, -0.2) is 39.0 Å². The monoisotopic (exact) mass is 532 g/mol. The summed E-state index contributed by atoms with van der Waals surface area (Å²) in [6.45, 7) is 7.16. The van der Waals surface area contributed by atoms with Gasteiger partial charge in [0.2, 0.25) is 5.91 Å². The third-order valence-corrected chi connectivity index (χ3v) is 9.17. The van der Waals surface area contributed by atoms with E-state index in [-0.39, 0.29) is 17.6 Å². The van der Waals surface area contributed by atoms with Gasteiger partial charge in [-0.25, -0.2) is 4.79 Å². The maximum Gasteiger partial charge on any atom is 0.341 e. The number of fused-ring (bicyclic) bond motifs is 1. The molecule has 0 aliphatic heterocycles. The molecule has 7 nitrogen and oxygen atoms in total. The largest absolute Gasteiger partial charge is 0.462 e. The standard InChI is InChI=1S/C25H32N4O3S3/c1-4-12-29-22(16-13-17(5-2)33-14-16)27-28-25(29)34-15-20(30)26-23-21(24(31)32-6-3)18-10-8-7-9-11-19(18)35-23/h13-14H,4-12,15H2,1-3H3,(H,26,30). The molecule has 1 N–H and O–H groups in total. The van der Waals surface area contributed by atoms with Crippen LogP contribution in [0.4, 0.5) is 5.00 Å². The van der Waals surface area contributed by atoms with Gasteiger partial charge in [0.05, 0.1) is 17.9 Å². The first-order valence-corrected chi connectivity index (χ1v) is 15.0. The maximum atomic E-state index is 13.0. The fourth-order valence-electron chi connectivity index (χ4n) is 4.26. The van der Waals surface area contributed by atoms with Crippen molar-refractivity contribution in [1.29, 1.82) is 0 Å². The van der Waals surface area contributed by atoms with Crippen LogP contribution in [0, 0.1) is 0 Å². The Morgan fingerprint density at radius 3 is 2.74 bits per heavy atom. The molecule has 0 saturated carbocycles. The van der Waals surface area contributed by atoms with E-state index in [2.05, 4.69) is 45.4 Å². The molecule has 0 bridgehead atoms. The zero-order chi connectivity index (χ0) is 24.8. The zero-order valence-electron chi connectivity index (χ0n) is 20.5. The molecule has 4 rings (SSSR count). The van der Waals surface area contributed by atoms with Crippen LogP contribution in [-0.2, 0) is 35.3 Å². The number of rotatable bonds is 10. The minimum absolute atomic E-state index is 0.159. The molecule has 0 fully saturated rings. The molecular formula is C25H32N4O3S3. The smallest absolute Gasteiger partial charge is 0.341 e. The van der Waals surface area contributed by atoms with Crippen LogP contribution in [0.15, 0.2) is 16.6 Å². The van der Waals surface area contributed by atoms with E-state index in [9.17, 15) is 9.59 Å². The molecule has 0 aromatic carbocycles. The van der Waals surface area contributed by atoms with E-state index in [0.717, 1.165) is 73.6 Å². The lowest BCUT2D eigenvalue weighted by molar-refractivity contribution is -0.113. The number of anilines is 1. The summed E-state index contributed by atoms with van der Waals surface area (Å²) < 4.78 is 7.43. The Labute approximate surface area is 218 Å². The Morgan fingerprint density at radius 1 is 1.17 bits per heavy atom. The highest BCUT2D eigenvalue weighted by atomic mass is 32.2. The Kier molecular flexibility index (Phi) is 9.02. The predicted octanol–water partition coefficient (Wildman–Crippen LogP) is 6.22. The Morgan fingerprint density at radius 2 is 2.00 bits per heavy atom. The summed E-state index contributed by atoms with van der Waals surface area (Å²) in [6.07, 6.45) is 7.07. The third kappa shape index (κ3) is 5.98. The van der Waals surface area contributed by atoms with Crippen molar-refractivity contribution >= 4 is 51.3 Å². The molecule has 1 amide bonds. The molecule has 0 saturated heterocycles. The highest BCUT2D eigenvalue weighted by molar-refractivity contribution is 7.99. The number of esters is 1. The van der Waals surface area contributed by atoms with Crippen molar-refractivity contribution in [3.63, 3.8) is 0 Å². The molecule has 3 heterocycles. The van der Waals surface area contributed by atoms with Gasteiger partial charge in [0.25, 0.3) is 0 Å². The second-order valence-corrected chi connectivity index (χ2v) is 11.5. The predicted molar refractivity (Wildman–Crippen MR) is 144 cm³/mol. The molecule has 0 unspecified atom stereocenters. The van der Waals surface area contributed by atoms with E-state index in [1.54, 1.807) is 18.3 Å². The number of thioether (sulfide) groups is 1. The van der Waals surface area contributed by atoms with E-state index < -0.39 is 0 Å². The Bertz CT molecular complexity index is 1180. The highest BCUT2D eigenvalue weighted by Crippen LogP contribution is 2.38. The van der Waals surface area contributed by atoms with E-state index >= 15 is 0 Å². The van der Waals surface area contributed by atoms with Crippen LogP contribution in [0.1, 0.15) is 72.1 Å². The van der Waals surface area contributed by atoms with E-state index in [0.29, 0.717) is 17.2 Å². The normalized spacial score (nSPS) is 13.3. The summed E-state index contributed by atoms with van der Waals surface area (Å²) in [6, 6.07) is 2.17.